The van der Waals surface area contributed by atoms with Gasteiger partial charge in [0.2, 0.25) is 0 Å². The summed E-state index contributed by atoms with van der Waals surface area (Å²) >= 11 is 5.76. The van der Waals surface area contributed by atoms with E-state index in [0.29, 0.717) is 11.6 Å². The molecule has 3 heteroatoms. The number of nitrogens with two attached hydrogens (primary N) is 1. The van der Waals surface area contributed by atoms with Gasteiger partial charge in [-0.1, -0.05) is 23.8 Å². The monoisotopic (exact) mass is 197 g/mol. The quantitative estimate of drug-likeness (QED) is 0.782. The molecule has 0 fully saturated rings. The van der Waals surface area contributed by atoms with E-state index in [1.165, 1.54) is 0 Å². The summed E-state index contributed by atoms with van der Waals surface area (Å²) in [5, 5.41) is 10.0. The first-order valence-corrected chi connectivity index (χ1v) is 4.47. The summed E-state index contributed by atoms with van der Waals surface area (Å²) in [5.41, 5.74) is 6.04. The Hall–Kier alpha value is -0.990. The van der Waals surface area contributed by atoms with Gasteiger partial charge in [0.25, 0.3) is 0 Å². The summed E-state index contributed by atoms with van der Waals surface area (Å²) in [6, 6.07) is 4.94. The Bertz CT molecular complexity index is 310. The third-order valence-corrected chi connectivity index (χ3v) is 1.86. The predicted octanol–water partition coefficient (Wildman–Crippen LogP) is 2.41. The molecule has 3 N–H and O–H groups in total. The maximum absolute atomic E-state index is 9.39. The van der Waals surface area contributed by atoms with Crippen molar-refractivity contribution in [3.63, 3.8) is 0 Å². The maximum Gasteiger partial charge on any atom is 0.122 e. The second kappa shape index (κ2) is 4.90. The Labute approximate surface area is 82.6 Å². The average Bonchev–Trinajstić information content (AvgIpc) is 2.11. The molecule has 70 valence electrons. The van der Waals surface area contributed by atoms with Gasteiger partial charge < -0.3 is 10.8 Å². The molecule has 0 atom stereocenters. The van der Waals surface area contributed by atoms with Gasteiger partial charge in [-0.05, 0) is 31.2 Å². The van der Waals surface area contributed by atoms with Crippen LogP contribution in [0.2, 0.25) is 5.02 Å². The molecule has 0 unspecified atom stereocenters. The first-order chi connectivity index (χ1) is 6.24. The van der Waals surface area contributed by atoms with E-state index in [1.54, 1.807) is 18.2 Å². The van der Waals surface area contributed by atoms with E-state index in [0.717, 1.165) is 12.0 Å². The van der Waals surface area contributed by atoms with E-state index in [2.05, 4.69) is 0 Å². The van der Waals surface area contributed by atoms with Gasteiger partial charge in [0.15, 0.2) is 0 Å². The molecule has 0 aliphatic rings. The number of halogens is 1. The van der Waals surface area contributed by atoms with E-state index in [1.807, 2.05) is 12.2 Å². The van der Waals surface area contributed by atoms with Crippen molar-refractivity contribution < 1.29 is 5.11 Å². The van der Waals surface area contributed by atoms with Crippen LogP contribution in [-0.4, -0.2) is 11.7 Å². The van der Waals surface area contributed by atoms with Gasteiger partial charge in [-0.15, -0.1) is 0 Å². The Balaban J connectivity index is 2.81. The second-order valence-electron chi connectivity index (χ2n) is 2.68. The molecule has 0 spiro atoms. The molecule has 0 aromatic heterocycles. The topological polar surface area (TPSA) is 46.2 Å². The fourth-order valence-corrected chi connectivity index (χ4v) is 1.15. The molecule has 0 heterocycles. The highest BCUT2D eigenvalue weighted by atomic mass is 35.5. The lowest BCUT2D eigenvalue weighted by atomic mass is 10.2. The molecule has 0 bridgehead atoms. The van der Waals surface area contributed by atoms with Gasteiger partial charge in [-0.25, -0.2) is 0 Å². The van der Waals surface area contributed by atoms with Crippen molar-refractivity contribution >= 4 is 17.7 Å². The number of benzene rings is 1. The van der Waals surface area contributed by atoms with Gasteiger partial charge in [0.1, 0.15) is 5.75 Å². The van der Waals surface area contributed by atoms with E-state index >= 15 is 0 Å². The number of hydrogen-bond acceptors (Lipinski definition) is 2. The first kappa shape index (κ1) is 10.1. The van der Waals surface area contributed by atoms with Crippen molar-refractivity contribution in [1.82, 2.24) is 0 Å². The van der Waals surface area contributed by atoms with Crippen LogP contribution in [0, 0.1) is 0 Å². The fraction of sp³-hybridized carbons (Fsp3) is 0.200. The molecule has 0 saturated heterocycles. The molecule has 1 rings (SSSR count). The van der Waals surface area contributed by atoms with Gasteiger partial charge >= 0.3 is 0 Å². The number of phenolic OH excluding ortho intramolecular Hbond substituents is 1. The lowest BCUT2D eigenvalue weighted by Crippen LogP contribution is -1.94. The largest absolute Gasteiger partial charge is 0.507 e. The van der Waals surface area contributed by atoms with Crippen molar-refractivity contribution in [1.29, 1.82) is 0 Å². The Morgan fingerprint density at radius 3 is 2.92 bits per heavy atom. The molecule has 1 aromatic rings. The minimum Gasteiger partial charge on any atom is -0.507 e. The molecule has 1 aromatic carbocycles. The van der Waals surface area contributed by atoms with Crippen molar-refractivity contribution in [3.8, 4) is 5.75 Å². The van der Waals surface area contributed by atoms with Crippen molar-refractivity contribution in [2.75, 3.05) is 6.54 Å². The van der Waals surface area contributed by atoms with E-state index < -0.39 is 0 Å². The number of rotatable bonds is 3. The van der Waals surface area contributed by atoms with Crippen LogP contribution in [0.4, 0.5) is 0 Å². The summed E-state index contributed by atoms with van der Waals surface area (Å²) in [6.45, 7) is 0.609. The Morgan fingerprint density at radius 1 is 1.46 bits per heavy atom. The van der Waals surface area contributed by atoms with Crippen LogP contribution < -0.4 is 5.73 Å². The highest BCUT2D eigenvalue weighted by Crippen LogP contribution is 2.22. The van der Waals surface area contributed by atoms with E-state index in [4.69, 9.17) is 17.3 Å². The van der Waals surface area contributed by atoms with Gasteiger partial charge in [-0.3, -0.25) is 0 Å². The molecule has 0 radical (unpaired) electrons. The molecule has 13 heavy (non-hydrogen) atoms. The summed E-state index contributed by atoms with van der Waals surface area (Å²) < 4.78 is 0. The number of phenols is 1. The van der Waals surface area contributed by atoms with Crippen LogP contribution in [-0.2, 0) is 0 Å². The molecule has 0 aliphatic carbocycles. The van der Waals surface area contributed by atoms with Crippen LogP contribution >= 0.6 is 11.6 Å². The molecule has 0 saturated carbocycles. The third-order valence-electron chi connectivity index (χ3n) is 1.62. The lowest BCUT2D eigenvalue weighted by molar-refractivity contribution is 0.474. The van der Waals surface area contributed by atoms with Crippen molar-refractivity contribution in [2.24, 2.45) is 5.73 Å². The van der Waals surface area contributed by atoms with Crippen molar-refractivity contribution in [2.45, 2.75) is 6.42 Å². The zero-order valence-corrected chi connectivity index (χ0v) is 7.96. The summed E-state index contributed by atoms with van der Waals surface area (Å²) in [5.74, 6) is 0.234. The van der Waals surface area contributed by atoms with Crippen LogP contribution in [0.25, 0.3) is 6.08 Å². The van der Waals surface area contributed by atoms with Gasteiger partial charge in [-0.2, -0.15) is 0 Å². The minimum absolute atomic E-state index is 0.234. The second-order valence-corrected chi connectivity index (χ2v) is 3.12. The van der Waals surface area contributed by atoms with Gasteiger partial charge in [0, 0.05) is 10.6 Å². The summed E-state index contributed by atoms with van der Waals surface area (Å²) in [6.07, 6.45) is 4.52. The van der Waals surface area contributed by atoms with E-state index in [-0.39, 0.29) is 5.75 Å². The van der Waals surface area contributed by atoms with Crippen LogP contribution in [0.15, 0.2) is 24.3 Å². The average molecular weight is 198 g/mol. The normalized spacial score (nSPS) is 10.9. The van der Waals surface area contributed by atoms with Crippen LogP contribution in [0.1, 0.15) is 12.0 Å². The van der Waals surface area contributed by atoms with Crippen LogP contribution in [0.3, 0.4) is 0 Å². The molecular weight excluding hydrogens is 186 g/mol. The molecule has 2 nitrogen and oxygen atoms in total. The SMILES string of the molecule is NCCC=Cc1cc(Cl)ccc1O. The lowest BCUT2D eigenvalue weighted by Gasteiger charge is -1.98. The number of hydrogen-bond donors (Lipinski definition) is 2. The fourth-order valence-electron chi connectivity index (χ4n) is 0.965. The highest BCUT2D eigenvalue weighted by molar-refractivity contribution is 6.30. The predicted molar refractivity (Wildman–Crippen MR) is 55.8 cm³/mol. The van der Waals surface area contributed by atoms with Crippen LogP contribution in [0.5, 0.6) is 5.75 Å². The third kappa shape index (κ3) is 3.09. The highest BCUT2D eigenvalue weighted by Gasteiger charge is 1.96. The standard InChI is InChI=1S/C10H12ClNO/c11-9-4-5-10(13)8(7-9)3-1-2-6-12/h1,3-5,7,13H,2,6,12H2. The number of aromatic hydroxyl groups is 1. The Morgan fingerprint density at radius 2 is 2.23 bits per heavy atom. The molecule has 0 amide bonds. The minimum atomic E-state index is 0.234. The smallest absolute Gasteiger partial charge is 0.122 e. The summed E-state index contributed by atoms with van der Waals surface area (Å²) in [4.78, 5) is 0. The van der Waals surface area contributed by atoms with Gasteiger partial charge in [0.05, 0.1) is 0 Å². The zero-order chi connectivity index (χ0) is 9.68. The maximum atomic E-state index is 9.39. The Kier molecular flexibility index (Phi) is 3.80. The van der Waals surface area contributed by atoms with Crippen molar-refractivity contribution in [3.05, 3.63) is 34.9 Å². The molecular formula is C10H12ClNO. The first-order valence-electron chi connectivity index (χ1n) is 4.09. The molecule has 0 aliphatic heterocycles. The summed E-state index contributed by atoms with van der Waals surface area (Å²) in [7, 11) is 0. The zero-order valence-electron chi connectivity index (χ0n) is 7.20. The van der Waals surface area contributed by atoms with E-state index in [9.17, 15) is 5.11 Å².